The number of benzene rings is 5. The molecule has 28 heavy (non-hydrogen) atoms. The average molecular weight is 358 g/mol. The Hall–Kier alpha value is -3.58. The summed E-state index contributed by atoms with van der Waals surface area (Å²) >= 11 is 0. The van der Waals surface area contributed by atoms with Gasteiger partial charge in [-0.05, 0) is 45.3 Å². The summed E-state index contributed by atoms with van der Waals surface area (Å²) in [6, 6.07) is 36.6. The van der Waals surface area contributed by atoms with Crippen molar-refractivity contribution in [1.82, 2.24) is 0 Å². The Labute approximate surface area is 163 Å². The minimum Gasteiger partial charge on any atom is -0.457 e. The highest BCUT2D eigenvalue weighted by Crippen LogP contribution is 2.50. The zero-order chi connectivity index (χ0) is 18.5. The summed E-state index contributed by atoms with van der Waals surface area (Å²) < 4.78 is 6.45. The Morgan fingerprint density at radius 1 is 0.536 bits per heavy atom. The van der Waals surface area contributed by atoms with Gasteiger partial charge in [0, 0.05) is 17.0 Å². The van der Waals surface area contributed by atoms with Crippen LogP contribution in [0, 0.1) is 0 Å². The molecule has 0 amide bonds. The molecule has 0 saturated heterocycles. The van der Waals surface area contributed by atoms with Crippen molar-refractivity contribution in [2.45, 2.75) is 5.92 Å². The van der Waals surface area contributed by atoms with Crippen LogP contribution < -0.4 is 4.74 Å². The molecule has 0 bridgehead atoms. The van der Waals surface area contributed by atoms with Crippen LogP contribution in [0.1, 0.15) is 22.6 Å². The lowest BCUT2D eigenvalue weighted by Crippen LogP contribution is -2.12. The summed E-state index contributed by atoms with van der Waals surface area (Å²) in [7, 11) is 0. The molecule has 0 spiro atoms. The number of rotatable bonds is 1. The molecule has 1 aliphatic rings. The molecule has 0 aromatic heterocycles. The lowest BCUT2D eigenvalue weighted by Gasteiger charge is -2.30. The highest BCUT2D eigenvalue weighted by atomic mass is 16.5. The Morgan fingerprint density at radius 2 is 1.21 bits per heavy atom. The van der Waals surface area contributed by atoms with E-state index in [2.05, 4.69) is 103 Å². The van der Waals surface area contributed by atoms with E-state index in [1.165, 1.54) is 38.2 Å². The smallest absolute Gasteiger partial charge is 0.132 e. The molecule has 1 aliphatic heterocycles. The normalized spacial score (nSPS) is 15.1. The molecule has 1 heterocycles. The van der Waals surface area contributed by atoms with Gasteiger partial charge in [0.2, 0.25) is 0 Å². The summed E-state index contributed by atoms with van der Waals surface area (Å²) in [5.41, 5.74) is 3.78. The van der Waals surface area contributed by atoms with Crippen molar-refractivity contribution in [3.05, 3.63) is 120 Å². The average Bonchev–Trinajstić information content (AvgIpc) is 2.76. The first-order valence-corrected chi connectivity index (χ1v) is 9.66. The van der Waals surface area contributed by atoms with Crippen LogP contribution >= 0.6 is 0 Å². The topological polar surface area (TPSA) is 9.23 Å². The van der Waals surface area contributed by atoms with Crippen LogP contribution in [0.25, 0.3) is 21.5 Å². The summed E-state index contributed by atoms with van der Waals surface area (Å²) in [5.74, 6) is 2.06. The van der Waals surface area contributed by atoms with Crippen LogP contribution in [0.15, 0.2) is 103 Å². The molecule has 132 valence electrons. The first-order chi connectivity index (χ1) is 13.9. The summed E-state index contributed by atoms with van der Waals surface area (Å²) in [6.45, 7) is 0. The van der Waals surface area contributed by atoms with E-state index in [1.807, 2.05) is 0 Å². The molecule has 1 heteroatoms. The fourth-order valence-corrected chi connectivity index (χ4v) is 4.48. The molecule has 5 aromatic rings. The quantitative estimate of drug-likeness (QED) is 0.300. The van der Waals surface area contributed by atoms with Gasteiger partial charge in [0.15, 0.2) is 0 Å². The van der Waals surface area contributed by atoms with Gasteiger partial charge in [0.25, 0.3) is 0 Å². The molecule has 6 rings (SSSR count). The highest BCUT2D eigenvalue weighted by molar-refractivity contribution is 5.92. The van der Waals surface area contributed by atoms with Crippen LogP contribution in [-0.4, -0.2) is 0 Å². The third-order valence-corrected chi connectivity index (χ3v) is 5.76. The maximum absolute atomic E-state index is 6.45. The molecular weight excluding hydrogens is 340 g/mol. The zero-order valence-corrected chi connectivity index (χ0v) is 15.3. The highest BCUT2D eigenvalue weighted by Gasteiger charge is 2.30. The predicted octanol–water partition coefficient (Wildman–Crippen LogP) is 7.28. The van der Waals surface area contributed by atoms with Gasteiger partial charge in [-0.2, -0.15) is 0 Å². The molecule has 1 atom stereocenters. The van der Waals surface area contributed by atoms with Crippen LogP contribution in [-0.2, 0) is 0 Å². The van der Waals surface area contributed by atoms with Crippen molar-refractivity contribution in [2.24, 2.45) is 0 Å². The van der Waals surface area contributed by atoms with Gasteiger partial charge in [0.1, 0.15) is 11.5 Å². The molecule has 5 aromatic carbocycles. The Bertz CT molecular complexity index is 1330. The molecule has 1 nitrogen and oxygen atoms in total. The van der Waals surface area contributed by atoms with Crippen molar-refractivity contribution in [1.29, 1.82) is 0 Å². The van der Waals surface area contributed by atoms with Gasteiger partial charge in [0.05, 0.1) is 0 Å². The van der Waals surface area contributed by atoms with E-state index < -0.39 is 0 Å². The second-order valence-corrected chi connectivity index (χ2v) is 7.38. The van der Waals surface area contributed by atoms with E-state index in [0.717, 1.165) is 11.5 Å². The molecule has 0 fully saturated rings. The number of hydrogen-bond acceptors (Lipinski definition) is 1. The zero-order valence-electron chi connectivity index (χ0n) is 15.3. The van der Waals surface area contributed by atoms with E-state index in [-0.39, 0.29) is 5.92 Å². The van der Waals surface area contributed by atoms with E-state index in [9.17, 15) is 0 Å². The fraction of sp³-hybridized carbons (Fsp3) is 0.0370. The maximum atomic E-state index is 6.45. The van der Waals surface area contributed by atoms with Crippen molar-refractivity contribution in [3.8, 4) is 11.5 Å². The van der Waals surface area contributed by atoms with Gasteiger partial charge in [-0.15, -0.1) is 0 Å². The van der Waals surface area contributed by atoms with Gasteiger partial charge in [-0.3, -0.25) is 0 Å². The van der Waals surface area contributed by atoms with Crippen LogP contribution in [0.5, 0.6) is 11.5 Å². The van der Waals surface area contributed by atoms with E-state index in [0.29, 0.717) is 0 Å². The number of hydrogen-bond donors (Lipinski definition) is 0. The van der Waals surface area contributed by atoms with Crippen LogP contribution in [0.4, 0.5) is 0 Å². The number of ether oxygens (including phenoxy) is 1. The van der Waals surface area contributed by atoms with Gasteiger partial charge < -0.3 is 4.74 Å². The molecule has 0 radical (unpaired) electrons. The van der Waals surface area contributed by atoms with E-state index in [4.69, 9.17) is 4.74 Å². The Morgan fingerprint density at radius 3 is 2.04 bits per heavy atom. The Kier molecular flexibility index (Phi) is 3.30. The van der Waals surface area contributed by atoms with Crippen molar-refractivity contribution < 1.29 is 4.74 Å². The second kappa shape index (κ2) is 5.97. The summed E-state index contributed by atoms with van der Waals surface area (Å²) in [4.78, 5) is 0. The van der Waals surface area contributed by atoms with E-state index in [1.54, 1.807) is 0 Å². The summed E-state index contributed by atoms with van der Waals surface area (Å²) in [6.07, 6.45) is 0. The maximum Gasteiger partial charge on any atom is 0.132 e. The van der Waals surface area contributed by atoms with Crippen LogP contribution in [0.3, 0.4) is 0 Å². The predicted molar refractivity (Wildman–Crippen MR) is 115 cm³/mol. The van der Waals surface area contributed by atoms with Gasteiger partial charge in [-0.25, -0.2) is 0 Å². The lowest BCUT2D eigenvalue weighted by molar-refractivity contribution is 0.455. The Balaban J connectivity index is 1.72. The molecule has 1 unspecified atom stereocenters. The standard InChI is InChI=1S/C27H18O/c1-2-9-19(10-3-1)26-23-16-20-11-4-5-12-21(20)17-25(23)28-24-15-14-18-8-6-7-13-22(18)27(24)26/h1-17,26H. The first kappa shape index (κ1) is 15.5. The molecule has 0 saturated carbocycles. The largest absolute Gasteiger partial charge is 0.457 e. The second-order valence-electron chi connectivity index (χ2n) is 7.38. The lowest BCUT2D eigenvalue weighted by atomic mass is 9.80. The third kappa shape index (κ3) is 2.26. The van der Waals surface area contributed by atoms with Crippen molar-refractivity contribution in [3.63, 3.8) is 0 Å². The minimum absolute atomic E-state index is 0.149. The first-order valence-electron chi connectivity index (χ1n) is 9.66. The third-order valence-electron chi connectivity index (χ3n) is 5.76. The SMILES string of the molecule is c1ccc(C2c3cc4ccccc4cc3Oc3ccc4ccccc4c32)cc1. The monoisotopic (exact) mass is 358 g/mol. The fourth-order valence-electron chi connectivity index (χ4n) is 4.48. The number of fused-ring (bicyclic) bond motifs is 5. The molecule has 0 aliphatic carbocycles. The van der Waals surface area contributed by atoms with Gasteiger partial charge in [-0.1, -0.05) is 84.9 Å². The van der Waals surface area contributed by atoms with Crippen molar-refractivity contribution in [2.75, 3.05) is 0 Å². The van der Waals surface area contributed by atoms with Gasteiger partial charge >= 0.3 is 0 Å². The van der Waals surface area contributed by atoms with Crippen molar-refractivity contribution >= 4 is 21.5 Å². The minimum atomic E-state index is 0.149. The molecular formula is C27H18O. The van der Waals surface area contributed by atoms with Crippen LogP contribution in [0.2, 0.25) is 0 Å². The van der Waals surface area contributed by atoms with E-state index >= 15 is 0 Å². The summed E-state index contributed by atoms with van der Waals surface area (Å²) in [5, 5.41) is 4.95. The molecule has 0 N–H and O–H groups in total.